The molecule has 1 saturated heterocycles. The minimum atomic E-state index is -1.60. The van der Waals surface area contributed by atoms with Crippen molar-refractivity contribution >= 4 is 0 Å². The van der Waals surface area contributed by atoms with Crippen molar-refractivity contribution in [2.24, 2.45) is 0 Å². The maximum Gasteiger partial charge on any atom is 0.186 e. The van der Waals surface area contributed by atoms with Crippen LogP contribution in [0.15, 0.2) is 36.5 Å². The first-order valence-electron chi connectivity index (χ1n) is 23.2. The van der Waals surface area contributed by atoms with Crippen molar-refractivity contribution in [3.63, 3.8) is 0 Å². The maximum absolute atomic E-state index is 11.4. The Kier molecular flexibility index (Phi) is 28.4. The van der Waals surface area contributed by atoms with Crippen LogP contribution in [0.4, 0.5) is 0 Å². The summed E-state index contributed by atoms with van der Waals surface area (Å²) in [6, 6.07) is 9.40. The topological polar surface area (TPSA) is 189 Å². The Hall–Kier alpha value is -2.04. The number of aliphatic hydroxyl groups excluding tert-OH is 6. The monoisotopic (exact) mass is 836 g/mol. The molecule has 8 atom stereocenters. The van der Waals surface area contributed by atoms with Crippen molar-refractivity contribution in [2.75, 3.05) is 26.4 Å². The van der Waals surface area contributed by atoms with Gasteiger partial charge in [0.1, 0.15) is 42.3 Å². The predicted molar refractivity (Wildman–Crippen MR) is 228 cm³/mol. The molecule has 0 radical (unpaired) electrons. The van der Waals surface area contributed by atoms with Crippen LogP contribution in [0.1, 0.15) is 172 Å². The third-order valence-electron chi connectivity index (χ3n) is 11.5. The minimum absolute atomic E-state index is 0.245. The SMILES string of the molecule is CCCCCCCCCCCCCC[C@@H](O)[C@@H](O)[C@H](CO[C@H]1O[C@H](CO)[C@H](O)[C@H](O)[C@H]1O)n1cc(COCCCCCCCCCCCCOCc2ccccc2)nn1. The fourth-order valence-corrected chi connectivity index (χ4v) is 7.66. The van der Waals surface area contributed by atoms with E-state index in [0.29, 0.717) is 25.3 Å². The summed E-state index contributed by atoms with van der Waals surface area (Å²) in [5.41, 5.74) is 1.79. The molecule has 0 bridgehead atoms. The molecule has 2 heterocycles. The second kappa shape index (κ2) is 32.6. The molecule has 1 aliphatic rings. The zero-order valence-corrected chi connectivity index (χ0v) is 36.2. The summed E-state index contributed by atoms with van der Waals surface area (Å²) in [5.74, 6) is 0. The third-order valence-corrected chi connectivity index (χ3v) is 11.5. The molecule has 0 amide bonds. The normalized spacial score (nSPS) is 21.2. The van der Waals surface area contributed by atoms with Gasteiger partial charge in [-0.25, -0.2) is 4.68 Å². The lowest BCUT2D eigenvalue weighted by molar-refractivity contribution is -0.304. The molecule has 2 aromatic rings. The van der Waals surface area contributed by atoms with Crippen LogP contribution < -0.4 is 0 Å². The highest BCUT2D eigenvalue weighted by atomic mass is 16.7. The van der Waals surface area contributed by atoms with E-state index in [1.165, 1.54) is 113 Å². The molecule has 1 aliphatic heterocycles. The van der Waals surface area contributed by atoms with E-state index in [9.17, 15) is 30.6 Å². The average molecular weight is 836 g/mol. The number of aromatic nitrogens is 3. The van der Waals surface area contributed by atoms with Crippen LogP contribution in [-0.4, -0.2) is 115 Å². The van der Waals surface area contributed by atoms with E-state index in [2.05, 4.69) is 29.4 Å². The van der Waals surface area contributed by atoms with Gasteiger partial charge in [-0.15, -0.1) is 5.10 Å². The molecule has 0 saturated carbocycles. The first-order valence-corrected chi connectivity index (χ1v) is 23.2. The lowest BCUT2D eigenvalue weighted by Crippen LogP contribution is -2.59. The molecule has 1 fully saturated rings. The highest BCUT2D eigenvalue weighted by Gasteiger charge is 2.44. The van der Waals surface area contributed by atoms with Gasteiger partial charge in [-0.3, -0.25) is 0 Å². The number of hydrogen-bond donors (Lipinski definition) is 6. The van der Waals surface area contributed by atoms with Crippen molar-refractivity contribution in [1.82, 2.24) is 15.0 Å². The molecule has 13 nitrogen and oxygen atoms in total. The van der Waals surface area contributed by atoms with Gasteiger partial charge in [0.15, 0.2) is 6.29 Å². The summed E-state index contributed by atoms with van der Waals surface area (Å²) in [6.07, 6.45) is 18.7. The zero-order valence-electron chi connectivity index (χ0n) is 36.2. The molecular formula is C46H81N3O10. The van der Waals surface area contributed by atoms with Crippen LogP contribution in [0.5, 0.6) is 0 Å². The summed E-state index contributed by atoms with van der Waals surface area (Å²) in [6.45, 7) is 3.76. The van der Waals surface area contributed by atoms with Gasteiger partial charge in [-0.1, -0.05) is 171 Å². The fourth-order valence-electron chi connectivity index (χ4n) is 7.66. The highest BCUT2D eigenvalue weighted by Crippen LogP contribution is 2.25. The van der Waals surface area contributed by atoms with E-state index in [4.69, 9.17) is 18.9 Å². The van der Waals surface area contributed by atoms with E-state index in [0.717, 1.165) is 45.1 Å². The van der Waals surface area contributed by atoms with Gasteiger partial charge >= 0.3 is 0 Å². The van der Waals surface area contributed by atoms with Crippen molar-refractivity contribution < 1.29 is 49.6 Å². The molecule has 6 N–H and O–H groups in total. The number of nitrogens with zero attached hydrogens (tertiary/aromatic N) is 3. The van der Waals surface area contributed by atoms with Crippen LogP contribution in [0.2, 0.25) is 0 Å². The van der Waals surface area contributed by atoms with Crippen LogP contribution in [0.25, 0.3) is 0 Å². The van der Waals surface area contributed by atoms with E-state index >= 15 is 0 Å². The second-order valence-corrected chi connectivity index (χ2v) is 16.6. The molecule has 13 heteroatoms. The van der Waals surface area contributed by atoms with Gasteiger partial charge in [-0.05, 0) is 24.8 Å². The Labute approximate surface area is 354 Å². The van der Waals surface area contributed by atoms with Gasteiger partial charge in [0, 0.05) is 13.2 Å². The number of rotatable bonds is 37. The molecule has 59 heavy (non-hydrogen) atoms. The number of benzene rings is 1. The average Bonchev–Trinajstić information content (AvgIpc) is 3.72. The maximum atomic E-state index is 11.4. The van der Waals surface area contributed by atoms with Gasteiger partial charge < -0.3 is 49.6 Å². The van der Waals surface area contributed by atoms with Crippen molar-refractivity contribution in [3.05, 3.63) is 47.8 Å². The van der Waals surface area contributed by atoms with Crippen LogP contribution in [0, 0.1) is 0 Å². The summed E-state index contributed by atoms with van der Waals surface area (Å²) in [5, 5.41) is 71.4. The van der Waals surface area contributed by atoms with Crippen molar-refractivity contribution in [3.8, 4) is 0 Å². The van der Waals surface area contributed by atoms with Gasteiger partial charge in [-0.2, -0.15) is 0 Å². The number of ether oxygens (including phenoxy) is 4. The standard InChI is InChI=1S/C46H81N3O10/c1-2-3-4-5-6-7-8-9-12-15-18-24-29-40(51)42(52)39(36-58-46-45(55)44(54)43(53)41(33-50)59-46)49-32-38(47-48-49)35-57-31-26-20-17-14-11-10-13-16-19-25-30-56-34-37-27-22-21-23-28-37/h21-23,27-28,32,39-46,50-55H,2-20,24-26,29-31,33-36H2,1H3/t39-,40+,41+,42-,43-,44-,45+,46-/m0/s1. The highest BCUT2D eigenvalue weighted by molar-refractivity contribution is 5.13. The molecule has 340 valence electrons. The fraction of sp³-hybridized carbons (Fsp3) is 0.826. The zero-order chi connectivity index (χ0) is 42.3. The summed E-state index contributed by atoms with van der Waals surface area (Å²) >= 11 is 0. The molecule has 1 aromatic heterocycles. The molecule has 3 rings (SSSR count). The van der Waals surface area contributed by atoms with Gasteiger partial charge in [0.05, 0.1) is 38.7 Å². The van der Waals surface area contributed by atoms with Gasteiger partial charge in [0.25, 0.3) is 0 Å². The minimum Gasteiger partial charge on any atom is -0.394 e. The number of hydrogen-bond acceptors (Lipinski definition) is 12. The third kappa shape index (κ3) is 21.5. The molecular weight excluding hydrogens is 755 g/mol. The summed E-state index contributed by atoms with van der Waals surface area (Å²) in [7, 11) is 0. The Bertz CT molecular complexity index is 1260. The van der Waals surface area contributed by atoms with Crippen molar-refractivity contribution in [2.45, 2.75) is 217 Å². The second-order valence-electron chi connectivity index (χ2n) is 16.6. The number of aliphatic hydroxyl groups is 6. The molecule has 0 aliphatic carbocycles. The number of unbranched alkanes of at least 4 members (excludes halogenated alkanes) is 20. The molecule has 0 spiro atoms. The summed E-state index contributed by atoms with van der Waals surface area (Å²) < 4.78 is 24.4. The molecule has 1 aromatic carbocycles. The van der Waals surface area contributed by atoms with E-state index in [1.807, 2.05) is 18.2 Å². The van der Waals surface area contributed by atoms with E-state index in [-0.39, 0.29) is 13.2 Å². The lowest BCUT2D eigenvalue weighted by atomic mass is 9.98. The predicted octanol–water partition coefficient (Wildman–Crippen LogP) is 7.08. The lowest BCUT2D eigenvalue weighted by Gasteiger charge is -2.40. The molecule has 0 unspecified atom stereocenters. The first-order chi connectivity index (χ1) is 28.8. The largest absolute Gasteiger partial charge is 0.394 e. The Balaban J connectivity index is 1.32. The Morgan fingerprint density at radius 2 is 1.19 bits per heavy atom. The summed E-state index contributed by atoms with van der Waals surface area (Å²) in [4.78, 5) is 0. The van der Waals surface area contributed by atoms with Crippen LogP contribution >= 0.6 is 0 Å². The van der Waals surface area contributed by atoms with Crippen molar-refractivity contribution in [1.29, 1.82) is 0 Å². The Morgan fingerprint density at radius 1 is 0.661 bits per heavy atom. The smallest absolute Gasteiger partial charge is 0.186 e. The van der Waals surface area contributed by atoms with Crippen LogP contribution in [0.3, 0.4) is 0 Å². The Morgan fingerprint density at radius 3 is 1.75 bits per heavy atom. The quantitative estimate of drug-likeness (QED) is 0.0380. The van der Waals surface area contributed by atoms with Crippen LogP contribution in [-0.2, 0) is 32.2 Å². The van der Waals surface area contributed by atoms with Gasteiger partial charge in [0.2, 0.25) is 0 Å². The van der Waals surface area contributed by atoms with E-state index in [1.54, 1.807) is 6.20 Å². The van der Waals surface area contributed by atoms with E-state index < -0.39 is 55.6 Å². The first kappa shape index (κ1) is 51.3.